The lowest BCUT2D eigenvalue weighted by molar-refractivity contribution is -0.137. The average molecular weight is 393 g/mol. The van der Waals surface area contributed by atoms with Gasteiger partial charge in [0.25, 0.3) is 0 Å². The van der Waals surface area contributed by atoms with E-state index in [0.29, 0.717) is 16.8 Å². The molecule has 0 unspecified atom stereocenters. The van der Waals surface area contributed by atoms with E-state index >= 15 is 0 Å². The quantitative estimate of drug-likeness (QED) is 0.565. The number of nitrogens with zero attached hydrogens (tertiary/aromatic N) is 1. The van der Waals surface area contributed by atoms with Gasteiger partial charge >= 0.3 is 6.18 Å². The van der Waals surface area contributed by atoms with Gasteiger partial charge in [-0.25, -0.2) is 0 Å². The number of alkyl halides is 3. The highest BCUT2D eigenvalue weighted by Crippen LogP contribution is 2.37. The molecular formula is C23H14F3NO2. The maximum Gasteiger partial charge on any atom is 0.416 e. The van der Waals surface area contributed by atoms with Crippen molar-refractivity contribution >= 4 is 23.2 Å². The molecule has 1 heterocycles. The minimum atomic E-state index is -4.50. The molecule has 2 aromatic carbocycles. The Bertz CT molecular complexity index is 1100. The Morgan fingerprint density at radius 2 is 1.52 bits per heavy atom. The number of allylic oxidation sites excluding steroid dienone is 1. The van der Waals surface area contributed by atoms with Crippen molar-refractivity contribution in [1.82, 2.24) is 4.98 Å². The van der Waals surface area contributed by atoms with Crippen LogP contribution >= 0.6 is 0 Å². The second-order valence-electron chi connectivity index (χ2n) is 6.64. The summed E-state index contributed by atoms with van der Waals surface area (Å²) >= 11 is 0. The largest absolute Gasteiger partial charge is 0.416 e. The Hall–Kier alpha value is -3.54. The summed E-state index contributed by atoms with van der Waals surface area (Å²) < 4.78 is 39.3. The number of carbonyl (C=O) groups excluding carboxylic acids is 2. The predicted molar refractivity (Wildman–Crippen MR) is 102 cm³/mol. The normalized spacial score (nSPS) is 14.9. The molecule has 0 fully saturated rings. The van der Waals surface area contributed by atoms with Crippen LogP contribution in [0.25, 0.3) is 11.6 Å². The van der Waals surface area contributed by atoms with E-state index in [-0.39, 0.29) is 22.7 Å². The summed E-state index contributed by atoms with van der Waals surface area (Å²) in [6, 6.07) is 16.2. The van der Waals surface area contributed by atoms with Crippen molar-refractivity contribution < 1.29 is 22.8 Å². The average Bonchev–Trinajstić information content (AvgIpc) is 2.97. The van der Waals surface area contributed by atoms with Crippen molar-refractivity contribution in [2.24, 2.45) is 5.92 Å². The SMILES string of the molecule is O=C1c2ccccc2C(=O)C1C(=Cc1cccc(C(F)(F)F)c1)c1ccccn1. The summed E-state index contributed by atoms with van der Waals surface area (Å²) in [6.45, 7) is 0. The third kappa shape index (κ3) is 3.49. The molecule has 3 aromatic rings. The van der Waals surface area contributed by atoms with Crippen LogP contribution in [-0.2, 0) is 6.18 Å². The number of halogens is 3. The van der Waals surface area contributed by atoms with Crippen molar-refractivity contribution in [3.63, 3.8) is 0 Å². The molecule has 0 amide bonds. The molecule has 0 bridgehead atoms. The number of carbonyl (C=O) groups is 2. The Morgan fingerprint density at radius 3 is 2.10 bits per heavy atom. The molecule has 144 valence electrons. The van der Waals surface area contributed by atoms with Crippen molar-refractivity contribution in [1.29, 1.82) is 0 Å². The van der Waals surface area contributed by atoms with Crippen molar-refractivity contribution in [3.8, 4) is 0 Å². The second kappa shape index (κ2) is 7.13. The highest BCUT2D eigenvalue weighted by atomic mass is 19.4. The van der Waals surface area contributed by atoms with Gasteiger partial charge in [-0.15, -0.1) is 0 Å². The van der Waals surface area contributed by atoms with E-state index in [1.165, 1.54) is 24.4 Å². The fraction of sp³-hybridized carbons (Fsp3) is 0.0870. The molecule has 1 aromatic heterocycles. The van der Waals surface area contributed by atoms with Crippen LogP contribution < -0.4 is 0 Å². The maximum atomic E-state index is 13.1. The van der Waals surface area contributed by atoms with E-state index in [2.05, 4.69) is 4.98 Å². The molecule has 0 radical (unpaired) electrons. The van der Waals surface area contributed by atoms with Gasteiger partial charge in [-0.2, -0.15) is 13.2 Å². The summed E-state index contributed by atoms with van der Waals surface area (Å²) in [5.74, 6) is -1.90. The molecule has 6 heteroatoms. The van der Waals surface area contributed by atoms with Gasteiger partial charge in [-0.3, -0.25) is 14.6 Å². The Morgan fingerprint density at radius 1 is 0.862 bits per heavy atom. The summed E-state index contributed by atoms with van der Waals surface area (Å²) in [4.78, 5) is 30.2. The molecule has 0 aliphatic heterocycles. The van der Waals surface area contributed by atoms with E-state index in [9.17, 15) is 22.8 Å². The number of rotatable bonds is 3. The minimum Gasteiger partial charge on any atom is -0.293 e. The summed E-state index contributed by atoms with van der Waals surface area (Å²) in [5.41, 5.74) is 0.693. The zero-order valence-corrected chi connectivity index (χ0v) is 15.0. The van der Waals surface area contributed by atoms with Crippen molar-refractivity contribution in [2.75, 3.05) is 0 Å². The number of Topliss-reactive ketones (excluding diaryl/α,β-unsaturated/α-hetero) is 2. The number of benzene rings is 2. The van der Waals surface area contributed by atoms with Gasteiger partial charge in [-0.1, -0.05) is 42.5 Å². The number of hydrogen-bond acceptors (Lipinski definition) is 3. The second-order valence-corrected chi connectivity index (χ2v) is 6.64. The molecule has 1 aliphatic carbocycles. The molecule has 3 nitrogen and oxygen atoms in total. The lowest BCUT2D eigenvalue weighted by Crippen LogP contribution is -2.17. The molecule has 0 saturated carbocycles. The maximum absolute atomic E-state index is 13.1. The lowest BCUT2D eigenvalue weighted by atomic mass is 9.89. The summed E-state index contributed by atoms with van der Waals surface area (Å²) in [5, 5.41) is 0. The number of ketones is 2. The van der Waals surface area contributed by atoms with Gasteiger partial charge in [0.2, 0.25) is 0 Å². The topological polar surface area (TPSA) is 47.0 Å². The van der Waals surface area contributed by atoms with Gasteiger partial charge in [0.05, 0.1) is 11.3 Å². The fourth-order valence-corrected chi connectivity index (χ4v) is 3.45. The summed E-state index contributed by atoms with van der Waals surface area (Å²) in [6.07, 6.45) is -1.56. The van der Waals surface area contributed by atoms with E-state index in [1.807, 2.05) is 0 Å². The molecule has 29 heavy (non-hydrogen) atoms. The van der Waals surface area contributed by atoms with Crippen LogP contribution in [0.5, 0.6) is 0 Å². The van der Waals surface area contributed by atoms with Crippen LogP contribution in [0, 0.1) is 5.92 Å². The number of fused-ring (bicyclic) bond motifs is 1. The minimum absolute atomic E-state index is 0.233. The Kier molecular flexibility index (Phi) is 4.62. The fourth-order valence-electron chi connectivity index (χ4n) is 3.45. The van der Waals surface area contributed by atoms with Gasteiger partial charge in [-0.05, 0) is 41.5 Å². The molecular weight excluding hydrogens is 379 g/mol. The first-order valence-electron chi connectivity index (χ1n) is 8.84. The first-order chi connectivity index (χ1) is 13.9. The number of pyridine rings is 1. The van der Waals surface area contributed by atoms with Crippen LogP contribution in [0.4, 0.5) is 13.2 Å². The van der Waals surface area contributed by atoms with Crippen LogP contribution in [0.3, 0.4) is 0 Å². The predicted octanol–water partition coefficient (Wildman–Crippen LogP) is 5.34. The zero-order chi connectivity index (χ0) is 20.6. The molecule has 4 rings (SSSR count). The van der Waals surface area contributed by atoms with Crippen LogP contribution in [0.15, 0.2) is 72.9 Å². The van der Waals surface area contributed by atoms with Crippen molar-refractivity contribution in [2.45, 2.75) is 6.18 Å². The zero-order valence-electron chi connectivity index (χ0n) is 15.0. The number of hydrogen-bond donors (Lipinski definition) is 0. The highest BCUT2D eigenvalue weighted by Gasteiger charge is 2.41. The Balaban J connectivity index is 1.86. The molecule has 0 saturated heterocycles. The summed E-state index contributed by atoms with van der Waals surface area (Å²) in [7, 11) is 0. The standard InChI is InChI=1S/C23H14F3NO2/c24-23(25,26)15-7-5-6-14(12-15)13-18(19-10-3-4-11-27-19)20-21(28)16-8-1-2-9-17(16)22(20)29/h1-13,20H. The first kappa shape index (κ1) is 18.8. The van der Waals surface area contributed by atoms with E-state index in [0.717, 1.165) is 12.1 Å². The third-order valence-electron chi connectivity index (χ3n) is 4.79. The van der Waals surface area contributed by atoms with Crippen LogP contribution in [-0.4, -0.2) is 16.6 Å². The van der Waals surface area contributed by atoms with Gasteiger partial charge in [0.15, 0.2) is 11.6 Å². The monoisotopic (exact) mass is 393 g/mol. The van der Waals surface area contributed by atoms with Gasteiger partial charge in [0, 0.05) is 17.3 Å². The van der Waals surface area contributed by atoms with E-state index in [4.69, 9.17) is 0 Å². The molecule has 0 spiro atoms. The lowest BCUT2D eigenvalue weighted by Gasteiger charge is -2.13. The van der Waals surface area contributed by atoms with Crippen LogP contribution in [0.1, 0.15) is 37.5 Å². The van der Waals surface area contributed by atoms with Crippen LogP contribution in [0.2, 0.25) is 0 Å². The Labute approximate surface area is 164 Å². The van der Waals surface area contributed by atoms with Gasteiger partial charge in [0.1, 0.15) is 5.92 Å². The third-order valence-corrected chi connectivity index (χ3v) is 4.79. The van der Waals surface area contributed by atoms with Gasteiger partial charge < -0.3 is 0 Å². The molecule has 1 aliphatic rings. The highest BCUT2D eigenvalue weighted by molar-refractivity contribution is 6.32. The molecule has 0 N–H and O–H groups in total. The first-order valence-corrected chi connectivity index (χ1v) is 8.84. The number of aromatic nitrogens is 1. The smallest absolute Gasteiger partial charge is 0.293 e. The van der Waals surface area contributed by atoms with E-state index < -0.39 is 17.7 Å². The van der Waals surface area contributed by atoms with Crippen molar-refractivity contribution in [3.05, 3.63) is 101 Å². The van der Waals surface area contributed by atoms with E-state index in [1.54, 1.807) is 42.5 Å². The molecule has 0 atom stereocenters.